The van der Waals surface area contributed by atoms with Crippen LogP contribution in [0.15, 0.2) is 47.6 Å². The predicted octanol–water partition coefficient (Wildman–Crippen LogP) is 2.48. The van der Waals surface area contributed by atoms with Gasteiger partial charge in [-0.2, -0.15) is 13.2 Å². The third-order valence-electron chi connectivity index (χ3n) is 3.41. The Kier molecular flexibility index (Phi) is 6.23. The van der Waals surface area contributed by atoms with Gasteiger partial charge in [-0.1, -0.05) is 12.1 Å². The first-order chi connectivity index (χ1) is 13.1. The number of nitrogens with one attached hydrogen (secondary N) is 2. The van der Waals surface area contributed by atoms with E-state index in [2.05, 4.69) is 20.4 Å². The number of halogens is 3. The average Bonchev–Trinajstić information content (AvgIpc) is 2.66. The highest BCUT2D eigenvalue weighted by atomic mass is 32.2. The van der Waals surface area contributed by atoms with E-state index >= 15 is 0 Å². The van der Waals surface area contributed by atoms with Crippen LogP contribution in [0.2, 0.25) is 0 Å². The lowest BCUT2D eigenvalue weighted by Crippen LogP contribution is -2.30. The molecule has 8 nitrogen and oxygen atoms in total. The predicted molar refractivity (Wildman–Crippen MR) is 91.1 cm³/mol. The summed E-state index contributed by atoms with van der Waals surface area (Å²) >= 11 is 0. The third-order valence-corrected chi connectivity index (χ3v) is 4.86. The number of sulfone groups is 1. The Balaban J connectivity index is 2.14. The highest BCUT2D eigenvalue weighted by molar-refractivity contribution is 7.92. The molecule has 0 fully saturated rings. The van der Waals surface area contributed by atoms with Gasteiger partial charge in [0.25, 0.3) is 15.7 Å². The summed E-state index contributed by atoms with van der Waals surface area (Å²) in [6.45, 7) is -0.0995. The van der Waals surface area contributed by atoms with Crippen LogP contribution in [0, 0.1) is 0 Å². The van der Waals surface area contributed by atoms with Crippen molar-refractivity contribution in [1.82, 2.24) is 10.3 Å². The maximum atomic E-state index is 12.8. The minimum atomic E-state index is -5.78. The fraction of sp³-hybridized carbons (Fsp3) is 0.188. The minimum Gasteiger partial charge on any atom is -0.453 e. The number of aromatic nitrogens is 1. The van der Waals surface area contributed by atoms with Gasteiger partial charge in [-0.05, 0) is 29.8 Å². The number of carbonyl (C=O) groups excluding carboxylic acids is 2. The Morgan fingerprint density at radius 1 is 1.14 bits per heavy atom. The van der Waals surface area contributed by atoms with Gasteiger partial charge in [0, 0.05) is 18.4 Å². The first kappa shape index (κ1) is 21.2. The van der Waals surface area contributed by atoms with E-state index in [1.165, 1.54) is 19.2 Å². The minimum absolute atomic E-state index is 0.0995. The Bertz CT molecular complexity index is 976. The molecule has 150 valence electrons. The lowest BCUT2D eigenvalue weighted by molar-refractivity contribution is -0.0438. The molecule has 28 heavy (non-hydrogen) atoms. The topological polar surface area (TPSA) is 114 Å². The van der Waals surface area contributed by atoms with Crippen LogP contribution in [-0.2, 0) is 21.1 Å². The van der Waals surface area contributed by atoms with E-state index in [4.69, 9.17) is 0 Å². The van der Waals surface area contributed by atoms with Gasteiger partial charge >= 0.3 is 11.6 Å². The van der Waals surface area contributed by atoms with E-state index in [0.717, 1.165) is 18.3 Å². The zero-order chi connectivity index (χ0) is 20.9. The van der Waals surface area contributed by atoms with Gasteiger partial charge in [-0.15, -0.1) is 0 Å². The number of ether oxygens (including phenoxy) is 1. The van der Waals surface area contributed by atoms with Crippen molar-refractivity contribution >= 4 is 27.5 Å². The van der Waals surface area contributed by atoms with E-state index in [1.807, 2.05) is 0 Å². The fourth-order valence-corrected chi connectivity index (χ4v) is 2.91. The molecular weight excluding hydrogens is 403 g/mol. The van der Waals surface area contributed by atoms with E-state index in [0.29, 0.717) is 11.3 Å². The van der Waals surface area contributed by atoms with Crippen molar-refractivity contribution in [2.75, 3.05) is 12.4 Å². The number of nitrogens with zero attached hydrogens (tertiary/aromatic N) is 1. The molecule has 0 radical (unpaired) electrons. The molecule has 0 unspecified atom stereocenters. The number of carbonyl (C=O) groups is 2. The van der Waals surface area contributed by atoms with E-state index in [1.54, 1.807) is 12.1 Å². The molecule has 0 saturated carbocycles. The first-order valence-corrected chi connectivity index (χ1v) is 9.03. The molecule has 0 aliphatic heterocycles. The van der Waals surface area contributed by atoms with Gasteiger partial charge in [-0.25, -0.2) is 18.2 Å². The number of hydrogen-bond acceptors (Lipinski definition) is 6. The second kappa shape index (κ2) is 8.25. The highest BCUT2D eigenvalue weighted by Crippen LogP contribution is 2.30. The van der Waals surface area contributed by atoms with Gasteiger partial charge in [0.15, 0.2) is 5.03 Å². The van der Waals surface area contributed by atoms with Crippen molar-refractivity contribution in [3.8, 4) is 0 Å². The third kappa shape index (κ3) is 4.76. The van der Waals surface area contributed by atoms with Crippen LogP contribution in [0.25, 0.3) is 0 Å². The number of methoxy groups -OCH3 is 1. The second-order valence-electron chi connectivity index (χ2n) is 5.30. The highest BCUT2D eigenvalue weighted by Gasteiger charge is 2.49. The number of amides is 2. The molecule has 0 bridgehead atoms. The largest absolute Gasteiger partial charge is 0.503 e. The lowest BCUT2D eigenvalue weighted by atomic mass is 10.2. The van der Waals surface area contributed by atoms with Gasteiger partial charge in [0.2, 0.25) is 0 Å². The number of benzene rings is 1. The SMILES string of the molecule is COC(=O)Nc1ccc(CNC(=O)c2cccnc2S(=O)(=O)C(F)(F)F)cc1. The van der Waals surface area contributed by atoms with Crippen LogP contribution < -0.4 is 10.6 Å². The maximum Gasteiger partial charge on any atom is 0.503 e. The molecule has 0 saturated heterocycles. The molecule has 0 aliphatic rings. The maximum absolute atomic E-state index is 12.8. The lowest BCUT2D eigenvalue weighted by Gasteiger charge is -2.12. The van der Waals surface area contributed by atoms with Gasteiger partial charge in [0.1, 0.15) is 0 Å². The van der Waals surface area contributed by atoms with Crippen molar-refractivity contribution < 1.29 is 35.9 Å². The molecule has 2 N–H and O–H groups in total. The number of pyridine rings is 1. The standard InChI is InChI=1S/C16H14F3N3O5S/c1-27-15(24)22-11-6-4-10(5-7-11)9-21-13(23)12-3-2-8-20-14(12)28(25,26)16(17,18)19/h2-8H,9H2,1H3,(H,21,23)(H,22,24). The van der Waals surface area contributed by atoms with E-state index < -0.39 is 37.9 Å². The number of anilines is 1. The number of alkyl halides is 3. The van der Waals surface area contributed by atoms with Gasteiger partial charge in [0.05, 0.1) is 12.7 Å². The number of hydrogen-bond donors (Lipinski definition) is 2. The molecule has 0 atom stereocenters. The Morgan fingerprint density at radius 3 is 2.36 bits per heavy atom. The quantitative estimate of drug-likeness (QED) is 0.773. The van der Waals surface area contributed by atoms with Crippen LogP contribution in [0.3, 0.4) is 0 Å². The molecule has 12 heteroatoms. The number of rotatable bonds is 5. The monoisotopic (exact) mass is 417 g/mol. The van der Waals surface area contributed by atoms with Crippen LogP contribution in [0.5, 0.6) is 0 Å². The first-order valence-electron chi connectivity index (χ1n) is 7.54. The van der Waals surface area contributed by atoms with E-state index in [-0.39, 0.29) is 6.54 Å². The van der Waals surface area contributed by atoms with Crippen molar-refractivity contribution in [3.63, 3.8) is 0 Å². The molecule has 1 heterocycles. The molecular formula is C16H14F3N3O5S. The molecule has 0 spiro atoms. The molecule has 2 rings (SSSR count). The van der Waals surface area contributed by atoms with Crippen LogP contribution in [0.1, 0.15) is 15.9 Å². The molecule has 2 amide bonds. The molecule has 1 aromatic heterocycles. The summed E-state index contributed by atoms with van der Waals surface area (Å²) in [7, 11) is -4.58. The Hall–Kier alpha value is -3.15. The van der Waals surface area contributed by atoms with Crippen LogP contribution >= 0.6 is 0 Å². The summed E-state index contributed by atoms with van der Waals surface area (Å²) < 4.78 is 65.9. The molecule has 1 aromatic carbocycles. The van der Waals surface area contributed by atoms with E-state index in [9.17, 15) is 31.2 Å². The fourth-order valence-electron chi connectivity index (χ4n) is 2.04. The molecule has 0 aliphatic carbocycles. The Labute approximate surface area is 157 Å². The van der Waals surface area contributed by atoms with Crippen LogP contribution in [-0.4, -0.2) is 38.0 Å². The summed E-state index contributed by atoms with van der Waals surface area (Å²) in [4.78, 5) is 26.5. The summed E-state index contributed by atoms with van der Waals surface area (Å²) in [6, 6.07) is 8.20. The van der Waals surface area contributed by atoms with Crippen molar-refractivity contribution in [2.45, 2.75) is 17.1 Å². The van der Waals surface area contributed by atoms with Gasteiger partial charge in [-0.3, -0.25) is 10.1 Å². The second-order valence-corrected chi connectivity index (χ2v) is 7.16. The molecule has 2 aromatic rings. The summed E-state index contributed by atoms with van der Waals surface area (Å²) in [5.41, 5.74) is -5.33. The van der Waals surface area contributed by atoms with Crippen molar-refractivity contribution in [2.24, 2.45) is 0 Å². The summed E-state index contributed by atoms with van der Waals surface area (Å²) in [5.74, 6) is -1.03. The van der Waals surface area contributed by atoms with Gasteiger partial charge < -0.3 is 10.1 Å². The van der Waals surface area contributed by atoms with Crippen molar-refractivity contribution in [1.29, 1.82) is 0 Å². The average molecular weight is 417 g/mol. The Morgan fingerprint density at radius 2 is 1.79 bits per heavy atom. The normalized spacial score (nSPS) is 11.6. The zero-order valence-electron chi connectivity index (χ0n) is 14.3. The van der Waals surface area contributed by atoms with Crippen molar-refractivity contribution in [3.05, 3.63) is 53.7 Å². The van der Waals surface area contributed by atoms with Crippen LogP contribution in [0.4, 0.5) is 23.7 Å². The summed E-state index contributed by atoms with van der Waals surface area (Å²) in [6.07, 6.45) is 0.179. The summed E-state index contributed by atoms with van der Waals surface area (Å²) in [5, 5.41) is 3.38. The zero-order valence-corrected chi connectivity index (χ0v) is 15.1. The smallest absolute Gasteiger partial charge is 0.453 e.